The van der Waals surface area contributed by atoms with E-state index in [4.69, 9.17) is 10.5 Å². The van der Waals surface area contributed by atoms with Gasteiger partial charge in [-0.25, -0.2) is 8.78 Å². The second-order valence-corrected chi connectivity index (χ2v) is 4.37. The van der Waals surface area contributed by atoms with Gasteiger partial charge in [-0.05, 0) is 18.2 Å². The van der Waals surface area contributed by atoms with E-state index in [1.807, 2.05) is 24.3 Å². The molecule has 0 amide bonds. The zero-order chi connectivity index (χ0) is 13.4. The molecule has 5 heteroatoms. The number of ether oxygens (including phenoxy) is 1. The Morgan fingerprint density at radius 3 is 2.79 bits per heavy atom. The maximum absolute atomic E-state index is 13.7. The fourth-order valence-corrected chi connectivity index (χ4v) is 2.17. The maximum atomic E-state index is 13.7. The van der Waals surface area contributed by atoms with E-state index >= 15 is 0 Å². The minimum Gasteiger partial charge on any atom is -0.491 e. The third kappa shape index (κ3) is 1.97. The first-order valence-corrected chi connectivity index (χ1v) is 5.88. The molecular formula is C14H12F2N2O. The van der Waals surface area contributed by atoms with Crippen LogP contribution in [-0.4, -0.2) is 6.61 Å². The zero-order valence-electron chi connectivity index (χ0n) is 9.99. The Morgan fingerprint density at radius 1 is 1.16 bits per heavy atom. The van der Waals surface area contributed by atoms with Crippen molar-refractivity contribution in [2.45, 2.75) is 6.04 Å². The molecule has 1 atom stereocenters. The van der Waals surface area contributed by atoms with Gasteiger partial charge in [0.05, 0.1) is 17.4 Å². The number of nitrogens with two attached hydrogens (primary N) is 1. The number of fused-ring (bicyclic) bond motifs is 1. The first kappa shape index (κ1) is 11.8. The van der Waals surface area contributed by atoms with Gasteiger partial charge in [0.25, 0.3) is 0 Å². The SMILES string of the molecule is Nc1ccc(F)c(F)c1NC1COc2ccccc21. The molecule has 2 aromatic rings. The van der Waals surface area contributed by atoms with Gasteiger partial charge in [-0.2, -0.15) is 0 Å². The number of nitrogens with one attached hydrogen (secondary N) is 1. The second kappa shape index (κ2) is 4.42. The van der Waals surface area contributed by atoms with Crippen molar-refractivity contribution in [2.24, 2.45) is 0 Å². The van der Waals surface area contributed by atoms with Crippen LogP contribution >= 0.6 is 0 Å². The predicted molar refractivity (Wildman–Crippen MR) is 69.1 cm³/mol. The van der Waals surface area contributed by atoms with Crippen molar-refractivity contribution >= 4 is 11.4 Å². The first-order chi connectivity index (χ1) is 9.16. The summed E-state index contributed by atoms with van der Waals surface area (Å²) in [5, 5.41) is 2.91. The minimum absolute atomic E-state index is 0.0229. The Labute approximate surface area is 109 Å². The number of para-hydroxylation sites is 1. The van der Waals surface area contributed by atoms with Gasteiger partial charge in [0.2, 0.25) is 0 Å². The predicted octanol–water partition coefficient (Wildman–Crippen LogP) is 3.09. The third-order valence-electron chi connectivity index (χ3n) is 3.15. The smallest absolute Gasteiger partial charge is 0.183 e. The molecule has 1 aliphatic heterocycles. The van der Waals surface area contributed by atoms with E-state index in [0.717, 1.165) is 17.4 Å². The molecule has 1 heterocycles. The van der Waals surface area contributed by atoms with Crippen molar-refractivity contribution in [1.82, 2.24) is 0 Å². The van der Waals surface area contributed by atoms with Gasteiger partial charge >= 0.3 is 0 Å². The molecule has 1 aliphatic rings. The Bertz CT molecular complexity index is 631. The van der Waals surface area contributed by atoms with Gasteiger partial charge in [-0.1, -0.05) is 18.2 Å². The van der Waals surface area contributed by atoms with Crippen molar-refractivity contribution in [1.29, 1.82) is 0 Å². The first-order valence-electron chi connectivity index (χ1n) is 5.88. The Morgan fingerprint density at radius 2 is 1.95 bits per heavy atom. The van der Waals surface area contributed by atoms with E-state index in [9.17, 15) is 8.78 Å². The Hall–Kier alpha value is -2.30. The lowest BCUT2D eigenvalue weighted by Crippen LogP contribution is -2.14. The molecule has 0 fully saturated rings. The van der Waals surface area contributed by atoms with E-state index in [2.05, 4.69) is 5.32 Å². The summed E-state index contributed by atoms with van der Waals surface area (Å²) in [6.07, 6.45) is 0. The standard InChI is InChI=1S/C14H12F2N2O/c15-9-5-6-10(17)14(13(9)16)18-11-7-19-12-4-2-1-3-8(11)12/h1-6,11,18H,7,17H2. The molecule has 0 spiro atoms. The minimum atomic E-state index is -0.968. The van der Waals surface area contributed by atoms with Crippen LogP contribution in [-0.2, 0) is 0 Å². The Balaban J connectivity index is 1.94. The number of nitrogen functional groups attached to an aromatic ring is 1. The maximum Gasteiger partial charge on any atom is 0.183 e. The normalized spacial score (nSPS) is 16.8. The molecule has 3 nitrogen and oxygen atoms in total. The lowest BCUT2D eigenvalue weighted by molar-refractivity contribution is 0.339. The van der Waals surface area contributed by atoms with Gasteiger partial charge in [0.1, 0.15) is 12.4 Å². The summed E-state index contributed by atoms with van der Waals surface area (Å²) in [5.74, 6) is -1.15. The van der Waals surface area contributed by atoms with Crippen molar-refractivity contribution < 1.29 is 13.5 Å². The third-order valence-corrected chi connectivity index (χ3v) is 3.15. The molecule has 1 unspecified atom stereocenters. The van der Waals surface area contributed by atoms with Crippen LogP contribution in [0.3, 0.4) is 0 Å². The van der Waals surface area contributed by atoms with E-state index in [0.29, 0.717) is 6.61 Å². The largest absolute Gasteiger partial charge is 0.491 e. The van der Waals surface area contributed by atoms with Crippen LogP contribution in [0.1, 0.15) is 11.6 Å². The highest BCUT2D eigenvalue weighted by Gasteiger charge is 2.25. The van der Waals surface area contributed by atoms with Gasteiger partial charge in [0.15, 0.2) is 11.6 Å². The topological polar surface area (TPSA) is 47.3 Å². The number of halogens is 2. The Kier molecular flexibility index (Phi) is 2.74. The molecule has 0 saturated heterocycles. The number of rotatable bonds is 2. The molecule has 2 aromatic carbocycles. The number of anilines is 2. The molecule has 3 N–H and O–H groups in total. The van der Waals surface area contributed by atoms with Crippen LogP contribution in [0.25, 0.3) is 0 Å². The van der Waals surface area contributed by atoms with E-state index in [1.165, 1.54) is 6.07 Å². The molecule has 0 saturated carbocycles. The summed E-state index contributed by atoms with van der Waals surface area (Å²) in [5.41, 5.74) is 6.73. The molecule has 19 heavy (non-hydrogen) atoms. The van der Waals surface area contributed by atoms with Gasteiger partial charge in [0, 0.05) is 5.56 Å². The highest BCUT2D eigenvalue weighted by atomic mass is 19.2. The van der Waals surface area contributed by atoms with E-state index in [1.54, 1.807) is 0 Å². The fraction of sp³-hybridized carbons (Fsp3) is 0.143. The van der Waals surface area contributed by atoms with Crippen LogP contribution in [0.2, 0.25) is 0 Å². The molecule has 98 valence electrons. The lowest BCUT2D eigenvalue weighted by atomic mass is 10.1. The van der Waals surface area contributed by atoms with Crippen molar-refractivity contribution in [3.63, 3.8) is 0 Å². The van der Waals surface area contributed by atoms with E-state index in [-0.39, 0.29) is 17.4 Å². The van der Waals surface area contributed by atoms with Crippen LogP contribution in [0.4, 0.5) is 20.2 Å². The van der Waals surface area contributed by atoms with Gasteiger partial charge in [-0.15, -0.1) is 0 Å². The lowest BCUT2D eigenvalue weighted by Gasteiger charge is -2.16. The molecule has 0 bridgehead atoms. The number of hydrogen-bond donors (Lipinski definition) is 2. The highest BCUT2D eigenvalue weighted by Crippen LogP contribution is 2.36. The molecular weight excluding hydrogens is 250 g/mol. The van der Waals surface area contributed by atoms with E-state index < -0.39 is 11.6 Å². The molecule has 0 aromatic heterocycles. The monoisotopic (exact) mass is 262 g/mol. The zero-order valence-corrected chi connectivity index (χ0v) is 9.99. The number of hydrogen-bond acceptors (Lipinski definition) is 3. The van der Waals surface area contributed by atoms with Gasteiger partial charge < -0.3 is 15.8 Å². The average Bonchev–Trinajstić information content (AvgIpc) is 2.83. The fourth-order valence-electron chi connectivity index (χ4n) is 2.17. The number of benzene rings is 2. The summed E-state index contributed by atoms with van der Waals surface area (Å²) >= 11 is 0. The van der Waals surface area contributed by atoms with Crippen LogP contribution in [0.15, 0.2) is 36.4 Å². The highest BCUT2D eigenvalue weighted by molar-refractivity contribution is 5.68. The summed E-state index contributed by atoms with van der Waals surface area (Å²) in [6, 6.07) is 9.55. The quantitative estimate of drug-likeness (QED) is 0.817. The van der Waals surface area contributed by atoms with Crippen molar-refractivity contribution in [3.8, 4) is 5.75 Å². The van der Waals surface area contributed by atoms with Gasteiger partial charge in [-0.3, -0.25) is 0 Å². The summed E-state index contributed by atoms with van der Waals surface area (Å²) in [4.78, 5) is 0. The molecule has 0 radical (unpaired) electrons. The summed E-state index contributed by atoms with van der Waals surface area (Å²) in [7, 11) is 0. The average molecular weight is 262 g/mol. The summed E-state index contributed by atoms with van der Waals surface area (Å²) < 4.78 is 32.4. The second-order valence-electron chi connectivity index (χ2n) is 4.37. The van der Waals surface area contributed by atoms with Crippen LogP contribution in [0.5, 0.6) is 5.75 Å². The molecule has 0 aliphatic carbocycles. The van der Waals surface area contributed by atoms with Crippen LogP contribution < -0.4 is 15.8 Å². The molecule has 3 rings (SSSR count). The van der Waals surface area contributed by atoms with Crippen LogP contribution in [0, 0.1) is 11.6 Å². The van der Waals surface area contributed by atoms with Crippen molar-refractivity contribution in [2.75, 3.05) is 17.7 Å². The summed E-state index contributed by atoms with van der Waals surface area (Å²) in [6.45, 7) is 0.356. The van der Waals surface area contributed by atoms with Crippen molar-refractivity contribution in [3.05, 3.63) is 53.6 Å².